The normalized spacial score (nSPS) is 15.8. The maximum atomic E-state index is 13.7. The first-order chi connectivity index (χ1) is 16.9. The first kappa shape index (κ1) is 22.8. The van der Waals surface area contributed by atoms with E-state index in [2.05, 4.69) is 15.4 Å². The number of fused-ring (bicyclic) bond motifs is 1. The van der Waals surface area contributed by atoms with Gasteiger partial charge in [-0.1, -0.05) is 29.5 Å². The van der Waals surface area contributed by atoms with Crippen molar-refractivity contribution < 1.29 is 9.21 Å². The third-order valence-corrected chi connectivity index (χ3v) is 6.91. The highest BCUT2D eigenvalue weighted by atomic mass is 32.1. The van der Waals surface area contributed by atoms with Crippen molar-refractivity contribution in [3.63, 3.8) is 0 Å². The van der Waals surface area contributed by atoms with Crippen LogP contribution in [0.5, 0.6) is 0 Å². The molecule has 1 aliphatic rings. The highest BCUT2D eigenvalue weighted by Crippen LogP contribution is 2.31. The van der Waals surface area contributed by atoms with E-state index in [1.165, 1.54) is 11.3 Å². The molecule has 35 heavy (non-hydrogen) atoms. The van der Waals surface area contributed by atoms with Gasteiger partial charge in [-0.25, -0.2) is 4.99 Å². The summed E-state index contributed by atoms with van der Waals surface area (Å²) in [6, 6.07) is 12.1. The van der Waals surface area contributed by atoms with Gasteiger partial charge in [0.25, 0.3) is 11.5 Å². The second-order valence-electron chi connectivity index (χ2n) is 8.38. The summed E-state index contributed by atoms with van der Waals surface area (Å²) in [7, 11) is 0. The largest absolute Gasteiger partial charge is 0.464 e. The van der Waals surface area contributed by atoms with Gasteiger partial charge in [-0.15, -0.1) is 0 Å². The third-order valence-electron chi connectivity index (χ3n) is 5.92. The maximum Gasteiger partial charge on any atom is 0.271 e. The lowest BCUT2D eigenvalue weighted by atomic mass is 10.00. The van der Waals surface area contributed by atoms with Crippen LogP contribution >= 0.6 is 11.3 Å². The summed E-state index contributed by atoms with van der Waals surface area (Å²) in [5.74, 6) is 0.880. The summed E-state index contributed by atoms with van der Waals surface area (Å²) < 4.78 is 9.86. The molecule has 1 N–H and O–H groups in total. The summed E-state index contributed by atoms with van der Waals surface area (Å²) in [5, 5.41) is 7.40. The van der Waals surface area contributed by atoms with Gasteiger partial charge in [0.1, 0.15) is 17.6 Å². The molecule has 178 valence electrons. The molecule has 0 saturated heterocycles. The average molecular weight is 488 g/mol. The molecule has 0 fully saturated rings. The monoisotopic (exact) mass is 487 g/mol. The molecule has 1 amide bonds. The highest BCUT2D eigenvalue weighted by Gasteiger charge is 2.34. The molecule has 1 aliphatic heterocycles. The van der Waals surface area contributed by atoms with E-state index in [9.17, 15) is 9.59 Å². The Hall–Kier alpha value is -3.98. The molecule has 1 aromatic carbocycles. The molecule has 4 heterocycles. The number of allylic oxidation sites excluding steroid dienone is 1. The van der Waals surface area contributed by atoms with Gasteiger partial charge in [0.05, 0.1) is 21.5 Å². The number of anilines is 1. The van der Waals surface area contributed by atoms with Crippen molar-refractivity contribution in [1.29, 1.82) is 0 Å². The minimum Gasteiger partial charge on any atom is -0.464 e. The quantitative estimate of drug-likeness (QED) is 0.467. The van der Waals surface area contributed by atoms with Crippen LogP contribution in [-0.2, 0) is 11.3 Å². The fourth-order valence-corrected chi connectivity index (χ4v) is 5.22. The lowest BCUT2D eigenvalue weighted by molar-refractivity contribution is -0.113. The second-order valence-corrected chi connectivity index (χ2v) is 9.39. The first-order valence-electron chi connectivity index (χ1n) is 11.3. The van der Waals surface area contributed by atoms with E-state index in [0.29, 0.717) is 37.8 Å². The predicted molar refractivity (Wildman–Crippen MR) is 135 cm³/mol. The molecular weight excluding hydrogens is 462 g/mol. The van der Waals surface area contributed by atoms with Crippen molar-refractivity contribution in [1.82, 2.24) is 14.3 Å². The van der Waals surface area contributed by atoms with Gasteiger partial charge < -0.3 is 9.73 Å². The van der Waals surface area contributed by atoms with Gasteiger partial charge in [-0.05, 0) is 58.0 Å². The van der Waals surface area contributed by atoms with Gasteiger partial charge in [-0.2, -0.15) is 5.10 Å². The second kappa shape index (κ2) is 8.99. The molecule has 0 bridgehead atoms. The number of para-hydroxylation sites is 1. The Bertz CT molecular complexity index is 1640. The number of carbonyl (C=O) groups is 1. The van der Waals surface area contributed by atoms with E-state index in [1.807, 2.05) is 74.1 Å². The predicted octanol–water partition coefficient (Wildman–Crippen LogP) is 3.30. The molecule has 0 spiro atoms. The van der Waals surface area contributed by atoms with Crippen LogP contribution in [0.3, 0.4) is 0 Å². The summed E-state index contributed by atoms with van der Waals surface area (Å²) in [6.07, 6.45) is 3.76. The summed E-state index contributed by atoms with van der Waals surface area (Å²) in [5.41, 5.74) is 3.06. The van der Waals surface area contributed by atoms with E-state index in [1.54, 1.807) is 17.6 Å². The molecular formula is C26H25N5O3S. The van der Waals surface area contributed by atoms with Crippen molar-refractivity contribution >= 4 is 29.0 Å². The van der Waals surface area contributed by atoms with Crippen molar-refractivity contribution in [2.45, 2.75) is 40.3 Å². The summed E-state index contributed by atoms with van der Waals surface area (Å²) >= 11 is 1.29. The average Bonchev–Trinajstić information content (AvgIpc) is 3.51. The van der Waals surface area contributed by atoms with Crippen molar-refractivity contribution in [3.05, 3.63) is 102 Å². The van der Waals surface area contributed by atoms with Crippen molar-refractivity contribution in [2.75, 3.05) is 5.32 Å². The number of hydrogen-bond donors (Lipinski definition) is 1. The molecule has 4 aromatic rings. The molecule has 9 heteroatoms. The first-order valence-corrected chi connectivity index (χ1v) is 12.2. The number of thiazole rings is 1. The van der Waals surface area contributed by atoms with Crippen molar-refractivity contribution in [2.24, 2.45) is 4.99 Å². The smallest absolute Gasteiger partial charge is 0.271 e. The van der Waals surface area contributed by atoms with Crippen LogP contribution in [0, 0.1) is 13.8 Å². The van der Waals surface area contributed by atoms with E-state index in [-0.39, 0.29) is 11.5 Å². The molecule has 5 rings (SSSR count). The van der Waals surface area contributed by atoms with Gasteiger partial charge in [0.2, 0.25) is 0 Å². The van der Waals surface area contributed by atoms with Gasteiger partial charge in [-0.3, -0.25) is 18.8 Å². The van der Waals surface area contributed by atoms with Gasteiger partial charge in [0, 0.05) is 24.0 Å². The van der Waals surface area contributed by atoms with E-state index < -0.39 is 6.04 Å². The number of carbonyl (C=O) groups excluding carboxylic acids is 1. The molecule has 0 aliphatic carbocycles. The Kier molecular flexibility index (Phi) is 5.86. The molecule has 3 aromatic heterocycles. The Morgan fingerprint density at radius 2 is 1.94 bits per heavy atom. The standard InChI is InChI=1S/C26H25N5O3S/c1-5-30-14-18(16(3)29-30)13-21-25(33)31-23(20-12-11-15(2)34-20)22(17(4)27-26(31)35-21)24(32)28-19-9-7-6-8-10-19/h6-14,23H,5H2,1-4H3,(H,28,32)/b21-13+. The summed E-state index contributed by atoms with van der Waals surface area (Å²) in [4.78, 5) is 32.3. The number of hydrogen-bond acceptors (Lipinski definition) is 6. The Labute approximate surface area is 205 Å². The number of benzene rings is 1. The van der Waals surface area contributed by atoms with Crippen LogP contribution in [-0.4, -0.2) is 20.3 Å². The number of aryl methyl sites for hydroxylation is 3. The minimum atomic E-state index is -0.731. The lowest BCUT2D eigenvalue weighted by Gasteiger charge is -2.23. The van der Waals surface area contributed by atoms with Crippen LogP contribution in [0.25, 0.3) is 6.08 Å². The number of rotatable bonds is 5. The third kappa shape index (κ3) is 4.19. The number of nitrogens with one attached hydrogen (secondary N) is 1. The molecule has 1 unspecified atom stereocenters. The maximum absolute atomic E-state index is 13.7. The molecule has 0 saturated carbocycles. The molecule has 8 nitrogen and oxygen atoms in total. The SMILES string of the molecule is CCn1cc(/C=c2/sc3n(c2=O)C(c2ccc(C)o2)C(C(=O)Nc2ccccc2)=C(C)N=3)c(C)n1. The number of furan rings is 1. The number of nitrogens with zero attached hydrogens (tertiary/aromatic N) is 4. The van der Waals surface area contributed by atoms with Crippen LogP contribution in [0.15, 0.2) is 74.1 Å². The zero-order chi connectivity index (χ0) is 24.7. The number of aromatic nitrogens is 3. The fourth-order valence-electron chi connectivity index (χ4n) is 4.18. The zero-order valence-corrected chi connectivity index (χ0v) is 20.7. The van der Waals surface area contributed by atoms with E-state index >= 15 is 0 Å². The zero-order valence-electron chi connectivity index (χ0n) is 19.9. The van der Waals surface area contributed by atoms with Crippen LogP contribution in [0.4, 0.5) is 5.69 Å². The van der Waals surface area contributed by atoms with Gasteiger partial charge >= 0.3 is 0 Å². The molecule has 0 radical (unpaired) electrons. The Morgan fingerprint density at radius 3 is 2.60 bits per heavy atom. The Morgan fingerprint density at radius 1 is 1.17 bits per heavy atom. The van der Waals surface area contributed by atoms with Gasteiger partial charge in [0.15, 0.2) is 4.80 Å². The van der Waals surface area contributed by atoms with Crippen LogP contribution < -0.4 is 20.2 Å². The van der Waals surface area contributed by atoms with E-state index in [0.717, 1.165) is 17.8 Å². The minimum absolute atomic E-state index is 0.228. The Balaban J connectivity index is 1.67. The summed E-state index contributed by atoms with van der Waals surface area (Å²) in [6.45, 7) is 8.30. The van der Waals surface area contributed by atoms with Crippen molar-refractivity contribution in [3.8, 4) is 0 Å². The lowest BCUT2D eigenvalue weighted by Crippen LogP contribution is -2.40. The fraction of sp³-hybridized carbons (Fsp3) is 0.231. The topological polar surface area (TPSA) is 94.4 Å². The van der Waals surface area contributed by atoms with Crippen LogP contribution in [0.1, 0.15) is 42.7 Å². The molecule has 1 atom stereocenters. The van der Waals surface area contributed by atoms with E-state index in [4.69, 9.17) is 4.42 Å². The number of amides is 1. The van der Waals surface area contributed by atoms with Crippen LogP contribution in [0.2, 0.25) is 0 Å². The highest BCUT2D eigenvalue weighted by molar-refractivity contribution is 7.07.